The largest absolute Gasteiger partial charge is 0.312 e. The van der Waals surface area contributed by atoms with Gasteiger partial charge in [0.25, 0.3) is 0 Å². The molecule has 0 saturated carbocycles. The Labute approximate surface area is 83.0 Å². The van der Waals surface area contributed by atoms with Crippen molar-refractivity contribution >= 4 is 11.3 Å². The van der Waals surface area contributed by atoms with Crippen LogP contribution in [0, 0.1) is 11.3 Å². The molecule has 1 unspecified atom stereocenters. The molecule has 0 bridgehead atoms. The molecule has 1 atom stereocenters. The summed E-state index contributed by atoms with van der Waals surface area (Å²) in [5.41, 5.74) is 5.75. The molecular formula is C10H14N2S. The quantitative estimate of drug-likeness (QED) is 0.747. The molecule has 3 heteroatoms. The van der Waals surface area contributed by atoms with Crippen molar-refractivity contribution in [3.05, 3.63) is 21.9 Å². The molecule has 0 aliphatic carbocycles. The third kappa shape index (κ3) is 2.30. The van der Waals surface area contributed by atoms with E-state index in [1.165, 1.54) is 4.88 Å². The maximum absolute atomic E-state index is 8.63. The van der Waals surface area contributed by atoms with Crippen LogP contribution in [0.2, 0.25) is 0 Å². The van der Waals surface area contributed by atoms with Crippen molar-refractivity contribution in [3.63, 3.8) is 0 Å². The van der Waals surface area contributed by atoms with Crippen molar-refractivity contribution < 1.29 is 0 Å². The highest BCUT2D eigenvalue weighted by atomic mass is 32.1. The monoisotopic (exact) mass is 194 g/mol. The van der Waals surface area contributed by atoms with Crippen LogP contribution in [0.4, 0.5) is 0 Å². The van der Waals surface area contributed by atoms with Gasteiger partial charge < -0.3 is 5.73 Å². The molecule has 0 aromatic carbocycles. The fourth-order valence-electron chi connectivity index (χ4n) is 0.987. The number of nitrogens with zero attached hydrogens (tertiary/aromatic N) is 1. The summed E-state index contributed by atoms with van der Waals surface area (Å²) in [6.07, 6.45) is 0. The smallest absolute Gasteiger partial charge is 0.128 e. The maximum Gasteiger partial charge on any atom is 0.128 e. The Morgan fingerprint density at radius 2 is 2.08 bits per heavy atom. The average Bonchev–Trinajstić information content (AvgIpc) is 2.50. The first kappa shape index (κ1) is 10.2. The van der Waals surface area contributed by atoms with E-state index in [1.807, 2.05) is 12.1 Å². The van der Waals surface area contributed by atoms with Crippen LogP contribution in [0.5, 0.6) is 0 Å². The van der Waals surface area contributed by atoms with Gasteiger partial charge in [-0.25, -0.2) is 0 Å². The normalized spacial score (nSPS) is 13.8. The number of hydrogen-bond donors (Lipinski definition) is 1. The fraction of sp³-hybridized carbons (Fsp3) is 0.500. The zero-order valence-corrected chi connectivity index (χ0v) is 8.98. The first-order valence-corrected chi connectivity index (χ1v) is 5.02. The molecule has 2 nitrogen and oxygen atoms in total. The topological polar surface area (TPSA) is 49.8 Å². The molecule has 1 heterocycles. The molecule has 0 spiro atoms. The van der Waals surface area contributed by atoms with Crippen molar-refractivity contribution in [2.45, 2.75) is 32.2 Å². The van der Waals surface area contributed by atoms with Crippen LogP contribution in [0.3, 0.4) is 0 Å². The van der Waals surface area contributed by atoms with Gasteiger partial charge in [-0.05, 0) is 17.5 Å². The molecule has 1 rings (SSSR count). The second-order valence-electron chi connectivity index (χ2n) is 4.06. The zero-order chi connectivity index (χ0) is 10.1. The lowest BCUT2D eigenvalue weighted by molar-refractivity contribution is 0.604. The van der Waals surface area contributed by atoms with E-state index in [4.69, 9.17) is 11.0 Å². The number of hydrogen-bond acceptors (Lipinski definition) is 3. The standard InChI is InChI=1S/C10H14N2S/c1-10(2,3)9-5-4-8(13-9)7(12)6-11/h4-5,7H,12H2,1-3H3. The van der Waals surface area contributed by atoms with Gasteiger partial charge in [-0.1, -0.05) is 20.8 Å². The predicted molar refractivity (Wildman–Crippen MR) is 55.6 cm³/mol. The average molecular weight is 194 g/mol. The van der Waals surface area contributed by atoms with Crippen LogP contribution in [-0.2, 0) is 5.41 Å². The maximum atomic E-state index is 8.63. The Morgan fingerprint density at radius 3 is 2.46 bits per heavy atom. The minimum Gasteiger partial charge on any atom is -0.312 e. The van der Waals surface area contributed by atoms with E-state index in [2.05, 4.69) is 26.8 Å². The summed E-state index contributed by atoms with van der Waals surface area (Å²) in [5.74, 6) is 0. The van der Waals surface area contributed by atoms with Crippen LogP contribution < -0.4 is 5.73 Å². The summed E-state index contributed by atoms with van der Waals surface area (Å²) in [5, 5.41) is 8.63. The summed E-state index contributed by atoms with van der Waals surface area (Å²) < 4.78 is 0. The van der Waals surface area contributed by atoms with Crippen molar-refractivity contribution in [1.29, 1.82) is 5.26 Å². The third-order valence-corrected chi connectivity index (χ3v) is 3.41. The molecule has 1 aromatic heterocycles. The van der Waals surface area contributed by atoms with Gasteiger partial charge in [-0.2, -0.15) is 5.26 Å². The molecular weight excluding hydrogens is 180 g/mol. The molecule has 13 heavy (non-hydrogen) atoms. The summed E-state index contributed by atoms with van der Waals surface area (Å²) >= 11 is 1.62. The summed E-state index contributed by atoms with van der Waals surface area (Å²) in [6.45, 7) is 6.46. The first-order chi connectivity index (χ1) is 5.95. The Balaban J connectivity index is 2.95. The van der Waals surface area contributed by atoms with Crippen molar-refractivity contribution in [2.75, 3.05) is 0 Å². The highest BCUT2D eigenvalue weighted by Crippen LogP contribution is 2.31. The summed E-state index contributed by atoms with van der Waals surface area (Å²) in [4.78, 5) is 2.22. The summed E-state index contributed by atoms with van der Waals surface area (Å²) in [7, 11) is 0. The molecule has 0 aliphatic rings. The minimum absolute atomic E-state index is 0.151. The Morgan fingerprint density at radius 1 is 1.46 bits per heavy atom. The van der Waals surface area contributed by atoms with Gasteiger partial charge in [0.2, 0.25) is 0 Å². The van der Waals surface area contributed by atoms with E-state index in [0.29, 0.717) is 0 Å². The van der Waals surface area contributed by atoms with E-state index in [1.54, 1.807) is 11.3 Å². The van der Waals surface area contributed by atoms with Crippen molar-refractivity contribution in [2.24, 2.45) is 5.73 Å². The zero-order valence-electron chi connectivity index (χ0n) is 8.16. The van der Waals surface area contributed by atoms with Gasteiger partial charge in [-0.15, -0.1) is 11.3 Å². The highest BCUT2D eigenvalue weighted by molar-refractivity contribution is 7.12. The molecule has 0 aliphatic heterocycles. The number of nitriles is 1. The number of thiophene rings is 1. The second kappa shape index (κ2) is 3.49. The van der Waals surface area contributed by atoms with Crippen molar-refractivity contribution in [3.8, 4) is 6.07 Å². The van der Waals surface area contributed by atoms with Gasteiger partial charge in [0.1, 0.15) is 6.04 Å². The molecule has 2 N–H and O–H groups in total. The van der Waals surface area contributed by atoms with Crippen LogP contribution in [0.15, 0.2) is 12.1 Å². The lowest BCUT2D eigenvalue weighted by atomic mass is 9.95. The lowest BCUT2D eigenvalue weighted by Crippen LogP contribution is -2.08. The molecule has 1 aromatic rings. The minimum atomic E-state index is -0.471. The van der Waals surface area contributed by atoms with Crippen LogP contribution in [-0.4, -0.2) is 0 Å². The van der Waals surface area contributed by atoms with E-state index in [9.17, 15) is 0 Å². The van der Waals surface area contributed by atoms with E-state index >= 15 is 0 Å². The Hall–Kier alpha value is -0.850. The fourth-order valence-corrected chi connectivity index (χ4v) is 2.00. The second-order valence-corrected chi connectivity index (χ2v) is 5.17. The molecule has 0 fully saturated rings. The Bertz CT molecular complexity index is 327. The molecule has 0 amide bonds. The van der Waals surface area contributed by atoms with Gasteiger partial charge >= 0.3 is 0 Å². The van der Waals surface area contributed by atoms with Crippen molar-refractivity contribution in [1.82, 2.24) is 0 Å². The Kier molecular flexibility index (Phi) is 2.74. The molecule has 0 radical (unpaired) electrons. The van der Waals surface area contributed by atoms with E-state index in [-0.39, 0.29) is 5.41 Å². The van der Waals surface area contributed by atoms with Crippen LogP contribution >= 0.6 is 11.3 Å². The van der Waals surface area contributed by atoms with E-state index < -0.39 is 6.04 Å². The predicted octanol–water partition coefficient (Wildman–Crippen LogP) is 2.57. The van der Waals surface area contributed by atoms with Gasteiger partial charge in [0, 0.05) is 9.75 Å². The summed E-state index contributed by atoms with van der Waals surface area (Å²) in [6, 6.07) is 5.56. The third-order valence-electron chi connectivity index (χ3n) is 1.81. The number of nitrogens with two attached hydrogens (primary N) is 1. The van der Waals surface area contributed by atoms with E-state index in [0.717, 1.165) is 4.88 Å². The SMILES string of the molecule is CC(C)(C)c1ccc(C(N)C#N)s1. The van der Waals surface area contributed by atoms with Crippen LogP contribution in [0.25, 0.3) is 0 Å². The highest BCUT2D eigenvalue weighted by Gasteiger charge is 2.17. The van der Waals surface area contributed by atoms with Gasteiger partial charge in [0.05, 0.1) is 6.07 Å². The molecule has 70 valence electrons. The van der Waals surface area contributed by atoms with Crippen LogP contribution in [0.1, 0.15) is 36.6 Å². The van der Waals surface area contributed by atoms with Gasteiger partial charge in [-0.3, -0.25) is 0 Å². The molecule has 0 saturated heterocycles. The van der Waals surface area contributed by atoms with Gasteiger partial charge in [0.15, 0.2) is 0 Å². The number of rotatable bonds is 1. The lowest BCUT2D eigenvalue weighted by Gasteiger charge is -2.15. The first-order valence-electron chi connectivity index (χ1n) is 4.20.